The van der Waals surface area contributed by atoms with Crippen molar-refractivity contribution in [2.24, 2.45) is 0 Å². The summed E-state index contributed by atoms with van der Waals surface area (Å²) in [6.45, 7) is 4.00. The molecule has 2 aromatic rings. The van der Waals surface area contributed by atoms with Gasteiger partial charge in [-0.2, -0.15) is 0 Å². The summed E-state index contributed by atoms with van der Waals surface area (Å²) in [5.41, 5.74) is -0.0532. The molecule has 0 fully saturated rings. The molecule has 90 valence electrons. The van der Waals surface area contributed by atoms with Crippen molar-refractivity contribution in [2.45, 2.75) is 13.8 Å². The molecule has 0 unspecified atom stereocenters. The van der Waals surface area contributed by atoms with E-state index in [-0.39, 0.29) is 5.56 Å². The maximum Gasteiger partial charge on any atom is 0.247 e. The van der Waals surface area contributed by atoms with Gasteiger partial charge in [-0.3, -0.25) is 9.78 Å². The zero-order chi connectivity index (χ0) is 12.8. The third-order valence-corrected chi connectivity index (χ3v) is 1.58. The molecule has 0 aliphatic carbocycles. The van der Waals surface area contributed by atoms with Gasteiger partial charge in [0.1, 0.15) is 0 Å². The first kappa shape index (κ1) is 14.8. The third-order valence-electron chi connectivity index (χ3n) is 1.58. The number of hydrogen-bond acceptors (Lipinski definition) is 2. The molecule has 17 heavy (non-hydrogen) atoms. The zero-order valence-electron chi connectivity index (χ0n) is 10.2. The van der Waals surface area contributed by atoms with Crippen molar-refractivity contribution in [1.29, 1.82) is 0 Å². The van der Waals surface area contributed by atoms with Crippen LogP contribution in [0.4, 0.5) is 0 Å². The number of nitrogens with one attached hydrogen (secondary N) is 1. The van der Waals surface area contributed by atoms with Gasteiger partial charge >= 0.3 is 0 Å². The summed E-state index contributed by atoms with van der Waals surface area (Å²) >= 11 is 0. The molecular weight excluding hydrogens is 212 g/mol. The monoisotopic (exact) mass is 230 g/mol. The number of pyridine rings is 2. The van der Waals surface area contributed by atoms with E-state index >= 15 is 0 Å². The third kappa shape index (κ3) is 11.8. The summed E-state index contributed by atoms with van der Waals surface area (Å²) in [4.78, 5) is 16.5. The molecule has 0 radical (unpaired) electrons. The Kier molecular flexibility index (Phi) is 10.4. The average Bonchev–Trinajstić information content (AvgIpc) is 2.43. The molecule has 0 aliphatic rings. The number of aromatic amines is 1. The Balaban J connectivity index is 0.000000236. The van der Waals surface area contributed by atoms with E-state index in [2.05, 4.69) is 9.97 Å². The zero-order valence-corrected chi connectivity index (χ0v) is 10.2. The number of rotatable bonds is 0. The Labute approximate surface area is 102 Å². The van der Waals surface area contributed by atoms with Gasteiger partial charge in [-0.25, -0.2) is 0 Å². The summed E-state index contributed by atoms with van der Waals surface area (Å²) in [6, 6.07) is 10.6. The first-order valence-electron chi connectivity index (χ1n) is 5.37. The molecule has 0 atom stereocenters. The topological polar surface area (TPSA) is 45.8 Å². The van der Waals surface area contributed by atoms with Gasteiger partial charge in [-0.1, -0.05) is 24.3 Å². The van der Waals surface area contributed by atoms with Crippen molar-refractivity contribution in [3.8, 4) is 0 Å². The minimum atomic E-state index is -0.0532. The Morgan fingerprint density at radius 1 is 1.00 bits per heavy atom. The maximum atomic E-state index is 10.2. The van der Waals surface area contributed by atoms with Crippen LogP contribution in [0.2, 0.25) is 0 Å². The predicted octanol–water partition coefficient (Wildman–Crippen LogP) is 3.04. The first-order chi connectivity index (χ1) is 8.31. The van der Waals surface area contributed by atoms with E-state index in [1.165, 1.54) is 6.07 Å². The molecule has 0 amide bonds. The Morgan fingerprint density at radius 3 is 1.82 bits per heavy atom. The van der Waals surface area contributed by atoms with Crippen LogP contribution in [-0.4, -0.2) is 9.97 Å². The van der Waals surface area contributed by atoms with Gasteiger partial charge in [-0.05, 0) is 32.0 Å². The number of hydrogen-bond donors (Lipinski definition) is 1. The molecule has 3 heteroatoms. The molecule has 0 saturated carbocycles. The second-order valence-corrected chi connectivity index (χ2v) is 2.92. The van der Waals surface area contributed by atoms with Gasteiger partial charge < -0.3 is 4.98 Å². The number of nitrogens with zero attached hydrogens (tertiary/aromatic N) is 1. The second-order valence-electron chi connectivity index (χ2n) is 2.92. The first-order valence-corrected chi connectivity index (χ1v) is 5.37. The molecule has 0 saturated heterocycles. The van der Waals surface area contributed by atoms with Gasteiger partial charge in [0.2, 0.25) is 5.56 Å². The SMILES string of the molecule is C/C=C\C.O=c1cccc[nH]1.c1ccncc1. The normalized spacial score (nSPS) is 8.59. The smallest absolute Gasteiger partial charge is 0.247 e. The van der Waals surface area contributed by atoms with E-state index in [1.54, 1.807) is 30.7 Å². The Bertz CT molecular complexity index is 387. The molecule has 2 rings (SSSR count). The summed E-state index contributed by atoms with van der Waals surface area (Å²) in [7, 11) is 0. The lowest BCUT2D eigenvalue weighted by atomic mass is 10.5. The van der Waals surface area contributed by atoms with E-state index in [0.717, 1.165) is 0 Å². The number of H-pyrrole nitrogens is 1. The highest BCUT2D eigenvalue weighted by atomic mass is 16.1. The molecule has 0 aromatic carbocycles. The van der Waals surface area contributed by atoms with Gasteiger partial charge in [0.05, 0.1) is 0 Å². The number of allylic oxidation sites excluding steroid dienone is 2. The fourth-order valence-electron chi connectivity index (χ4n) is 0.689. The lowest BCUT2D eigenvalue weighted by molar-refractivity contribution is 1.24. The largest absolute Gasteiger partial charge is 0.329 e. The van der Waals surface area contributed by atoms with Gasteiger partial charge in [0, 0.05) is 24.7 Å². The predicted molar refractivity (Wildman–Crippen MR) is 71.8 cm³/mol. The fraction of sp³-hybridized carbons (Fsp3) is 0.143. The number of aromatic nitrogens is 2. The van der Waals surface area contributed by atoms with Crippen LogP contribution >= 0.6 is 0 Å². The van der Waals surface area contributed by atoms with Crippen LogP contribution in [0.5, 0.6) is 0 Å². The molecule has 2 heterocycles. The van der Waals surface area contributed by atoms with Crippen molar-refractivity contribution in [1.82, 2.24) is 9.97 Å². The van der Waals surface area contributed by atoms with Gasteiger partial charge in [0.15, 0.2) is 0 Å². The minimum Gasteiger partial charge on any atom is -0.329 e. The molecule has 0 aliphatic heterocycles. The van der Waals surface area contributed by atoms with Crippen LogP contribution in [0, 0.1) is 0 Å². The van der Waals surface area contributed by atoms with Crippen molar-refractivity contribution < 1.29 is 0 Å². The van der Waals surface area contributed by atoms with Crippen LogP contribution < -0.4 is 5.56 Å². The van der Waals surface area contributed by atoms with Gasteiger partial charge in [-0.15, -0.1) is 0 Å². The van der Waals surface area contributed by atoms with Crippen LogP contribution in [0.25, 0.3) is 0 Å². The molecule has 0 spiro atoms. The summed E-state index contributed by atoms with van der Waals surface area (Å²) in [5.74, 6) is 0. The van der Waals surface area contributed by atoms with Crippen LogP contribution in [0.15, 0.2) is 71.9 Å². The molecule has 1 N–H and O–H groups in total. The second kappa shape index (κ2) is 11.9. The van der Waals surface area contributed by atoms with E-state index in [1.807, 2.05) is 44.2 Å². The van der Waals surface area contributed by atoms with Crippen LogP contribution in [0.1, 0.15) is 13.8 Å². The van der Waals surface area contributed by atoms with E-state index in [9.17, 15) is 4.79 Å². The quantitative estimate of drug-likeness (QED) is 0.707. The Hall–Kier alpha value is -2.16. The summed E-state index contributed by atoms with van der Waals surface area (Å²) < 4.78 is 0. The van der Waals surface area contributed by atoms with Crippen LogP contribution in [0.3, 0.4) is 0 Å². The average molecular weight is 230 g/mol. The maximum absolute atomic E-state index is 10.2. The van der Waals surface area contributed by atoms with Crippen molar-refractivity contribution >= 4 is 0 Å². The standard InChI is InChI=1S/C5H5NO.C5H5N.C4H8/c7-5-3-1-2-4-6-5;1-2-4-6-5-3-1;1-3-4-2/h1-4H,(H,6,7);1-5H;3-4H,1-2H3/b;;4-3-. The highest BCUT2D eigenvalue weighted by Gasteiger charge is 1.69. The lowest BCUT2D eigenvalue weighted by Gasteiger charge is -1.73. The van der Waals surface area contributed by atoms with Crippen molar-refractivity contribution in [2.75, 3.05) is 0 Å². The molecule has 2 aromatic heterocycles. The molecular formula is C14H18N2O. The molecule has 3 nitrogen and oxygen atoms in total. The van der Waals surface area contributed by atoms with Crippen molar-refractivity contribution in [3.63, 3.8) is 0 Å². The Morgan fingerprint density at radius 2 is 1.65 bits per heavy atom. The highest BCUT2D eigenvalue weighted by molar-refractivity contribution is 4.89. The van der Waals surface area contributed by atoms with E-state index in [4.69, 9.17) is 0 Å². The highest BCUT2D eigenvalue weighted by Crippen LogP contribution is 1.73. The lowest BCUT2D eigenvalue weighted by Crippen LogP contribution is -1.98. The van der Waals surface area contributed by atoms with Crippen molar-refractivity contribution in [3.05, 3.63) is 77.5 Å². The van der Waals surface area contributed by atoms with E-state index in [0.29, 0.717) is 0 Å². The molecule has 0 bridgehead atoms. The fourth-order valence-corrected chi connectivity index (χ4v) is 0.689. The minimum absolute atomic E-state index is 0.0532. The summed E-state index contributed by atoms with van der Waals surface area (Å²) in [5, 5.41) is 0. The van der Waals surface area contributed by atoms with Crippen LogP contribution in [-0.2, 0) is 0 Å². The summed E-state index contributed by atoms with van der Waals surface area (Å²) in [6.07, 6.45) is 9.10. The van der Waals surface area contributed by atoms with E-state index < -0.39 is 0 Å². The van der Waals surface area contributed by atoms with Gasteiger partial charge in [0.25, 0.3) is 0 Å².